The minimum atomic E-state index is -3.84. The normalized spacial score (nSPS) is 25.1. The lowest BCUT2D eigenvalue weighted by molar-refractivity contribution is 0.461. The molecule has 1 fully saturated rings. The number of nitrogens with two attached hydrogens (primary N) is 1. The fourth-order valence-electron chi connectivity index (χ4n) is 2.43. The van der Waals surface area contributed by atoms with E-state index in [1.54, 1.807) is 19.9 Å². The summed E-state index contributed by atoms with van der Waals surface area (Å²) in [6.45, 7) is 3.26. The van der Waals surface area contributed by atoms with Crippen LogP contribution in [0.25, 0.3) is 0 Å². The van der Waals surface area contributed by atoms with Crippen LogP contribution in [0.2, 0.25) is 0 Å². The minimum absolute atomic E-state index is 0.00647. The van der Waals surface area contributed by atoms with Crippen LogP contribution in [0.4, 0.5) is 5.69 Å². The summed E-state index contributed by atoms with van der Waals surface area (Å²) in [4.78, 5) is 0.0636. The smallest absolute Gasteiger partial charge is 0.241 e. The predicted octanol–water partition coefficient (Wildman–Crippen LogP) is 1.20. The summed E-state index contributed by atoms with van der Waals surface area (Å²) in [5.41, 5.74) is 5.60. The molecule has 0 amide bonds. The molecule has 1 unspecified atom stereocenters. The Morgan fingerprint density at radius 3 is 2.52 bits per heavy atom. The molecule has 21 heavy (non-hydrogen) atoms. The van der Waals surface area contributed by atoms with Crippen LogP contribution < -0.4 is 10.5 Å². The van der Waals surface area contributed by atoms with Crippen molar-refractivity contribution >= 4 is 41.5 Å². The molecular formula is C12H17BrN2O4S2. The second-order valence-corrected chi connectivity index (χ2v) is 10.3. The van der Waals surface area contributed by atoms with Crippen molar-refractivity contribution in [2.24, 2.45) is 0 Å². The van der Waals surface area contributed by atoms with Crippen molar-refractivity contribution in [3.8, 4) is 0 Å². The first-order valence-electron chi connectivity index (χ1n) is 6.24. The number of hydrogen-bond donors (Lipinski definition) is 2. The number of sulfone groups is 1. The van der Waals surface area contributed by atoms with Gasteiger partial charge in [0.2, 0.25) is 10.0 Å². The van der Waals surface area contributed by atoms with E-state index in [9.17, 15) is 16.8 Å². The summed E-state index contributed by atoms with van der Waals surface area (Å²) < 4.78 is 51.3. The van der Waals surface area contributed by atoms with E-state index >= 15 is 0 Å². The quantitative estimate of drug-likeness (QED) is 0.746. The van der Waals surface area contributed by atoms with E-state index in [4.69, 9.17) is 5.73 Å². The molecule has 0 aliphatic carbocycles. The third kappa shape index (κ3) is 3.58. The van der Waals surface area contributed by atoms with E-state index < -0.39 is 25.4 Å². The van der Waals surface area contributed by atoms with Gasteiger partial charge in [0.05, 0.1) is 16.4 Å². The molecule has 2 rings (SSSR count). The van der Waals surface area contributed by atoms with Gasteiger partial charge in [-0.2, -0.15) is 0 Å². The SMILES string of the molecule is Cc1cc(Br)c(N)cc1S(=O)(=O)NC1(C)CCS(=O)(=O)C1. The molecule has 1 heterocycles. The first-order valence-corrected chi connectivity index (χ1v) is 10.3. The molecule has 1 aromatic carbocycles. The van der Waals surface area contributed by atoms with Gasteiger partial charge in [-0.3, -0.25) is 0 Å². The number of sulfonamides is 1. The first-order chi connectivity index (χ1) is 9.44. The van der Waals surface area contributed by atoms with Crippen LogP contribution in [0.15, 0.2) is 21.5 Å². The summed E-state index contributed by atoms with van der Waals surface area (Å²) >= 11 is 3.24. The monoisotopic (exact) mass is 396 g/mol. The Balaban J connectivity index is 2.38. The molecule has 1 aromatic rings. The van der Waals surface area contributed by atoms with Gasteiger partial charge in [-0.15, -0.1) is 0 Å². The minimum Gasteiger partial charge on any atom is -0.398 e. The van der Waals surface area contributed by atoms with Crippen LogP contribution in [-0.4, -0.2) is 33.9 Å². The lowest BCUT2D eigenvalue weighted by atomic mass is 10.0. The highest BCUT2D eigenvalue weighted by Gasteiger charge is 2.41. The molecule has 9 heteroatoms. The Labute approximate surface area is 133 Å². The van der Waals surface area contributed by atoms with Gasteiger partial charge in [-0.05, 0) is 53.9 Å². The zero-order valence-electron chi connectivity index (χ0n) is 11.7. The van der Waals surface area contributed by atoms with Gasteiger partial charge in [-0.1, -0.05) is 0 Å². The number of halogens is 1. The molecule has 0 aromatic heterocycles. The third-order valence-corrected chi connectivity index (χ3v) is 7.84. The highest BCUT2D eigenvalue weighted by molar-refractivity contribution is 9.10. The molecule has 0 radical (unpaired) electrons. The Morgan fingerprint density at radius 2 is 2.00 bits per heavy atom. The number of aryl methyl sites for hydroxylation is 1. The van der Waals surface area contributed by atoms with Crippen LogP contribution >= 0.6 is 15.9 Å². The van der Waals surface area contributed by atoms with Gasteiger partial charge >= 0.3 is 0 Å². The number of rotatable bonds is 3. The molecule has 3 N–H and O–H groups in total. The maximum Gasteiger partial charge on any atom is 0.241 e. The average Bonchev–Trinajstić information content (AvgIpc) is 2.56. The Kier molecular flexibility index (Phi) is 4.16. The predicted molar refractivity (Wildman–Crippen MR) is 85.3 cm³/mol. The molecule has 6 nitrogen and oxygen atoms in total. The molecule has 0 saturated carbocycles. The Bertz CT molecular complexity index is 790. The molecular weight excluding hydrogens is 380 g/mol. The topological polar surface area (TPSA) is 106 Å². The van der Waals surface area contributed by atoms with Crippen molar-refractivity contribution in [3.05, 3.63) is 22.2 Å². The lowest BCUT2D eigenvalue weighted by Gasteiger charge is -2.24. The number of nitrogens with one attached hydrogen (secondary N) is 1. The van der Waals surface area contributed by atoms with Gasteiger partial charge in [0.25, 0.3) is 0 Å². The summed E-state index contributed by atoms with van der Waals surface area (Å²) in [7, 11) is -7.03. The van der Waals surface area contributed by atoms with Crippen molar-refractivity contribution in [1.29, 1.82) is 0 Å². The molecule has 1 aliphatic heterocycles. The Morgan fingerprint density at radius 1 is 1.38 bits per heavy atom. The molecule has 1 atom stereocenters. The van der Waals surface area contributed by atoms with Crippen LogP contribution in [0.1, 0.15) is 18.9 Å². The van der Waals surface area contributed by atoms with E-state index in [1.165, 1.54) is 6.07 Å². The van der Waals surface area contributed by atoms with Crippen LogP contribution in [-0.2, 0) is 19.9 Å². The van der Waals surface area contributed by atoms with E-state index in [1.807, 2.05) is 0 Å². The second kappa shape index (κ2) is 5.22. The van der Waals surface area contributed by atoms with E-state index in [2.05, 4.69) is 20.7 Å². The van der Waals surface area contributed by atoms with E-state index in [0.717, 1.165) is 0 Å². The number of anilines is 1. The second-order valence-electron chi connectivity index (χ2n) is 5.65. The maximum absolute atomic E-state index is 12.5. The molecule has 118 valence electrons. The summed E-state index contributed by atoms with van der Waals surface area (Å²) in [5.74, 6) is -0.197. The van der Waals surface area contributed by atoms with Crippen molar-refractivity contribution < 1.29 is 16.8 Å². The first kappa shape index (κ1) is 16.7. The largest absolute Gasteiger partial charge is 0.398 e. The highest BCUT2D eigenvalue weighted by Crippen LogP contribution is 2.29. The summed E-state index contributed by atoms with van der Waals surface area (Å²) in [6, 6.07) is 2.99. The molecule has 1 aliphatic rings. The average molecular weight is 397 g/mol. The number of benzene rings is 1. The zero-order chi connectivity index (χ0) is 16.1. The third-order valence-electron chi connectivity index (χ3n) is 3.47. The van der Waals surface area contributed by atoms with Crippen LogP contribution in [0.3, 0.4) is 0 Å². The van der Waals surface area contributed by atoms with Crippen LogP contribution in [0.5, 0.6) is 0 Å². The van der Waals surface area contributed by atoms with Crippen molar-refractivity contribution in [2.45, 2.75) is 30.7 Å². The van der Waals surface area contributed by atoms with Gasteiger partial charge in [0.1, 0.15) is 0 Å². The zero-order valence-corrected chi connectivity index (χ0v) is 14.9. The van der Waals surface area contributed by atoms with Crippen molar-refractivity contribution in [2.75, 3.05) is 17.2 Å². The Hall–Kier alpha value is -0.640. The molecule has 1 saturated heterocycles. The van der Waals surface area contributed by atoms with Crippen molar-refractivity contribution in [3.63, 3.8) is 0 Å². The highest BCUT2D eigenvalue weighted by atomic mass is 79.9. The van der Waals surface area contributed by atoms with E-state index in [0.29, 0.717) is 15.7 Å². The van der Waals surface area contributed by atoms with Gasteiger partial charge < -0.3 is 5.73 Å². The summed E-state index contributed by atoms with van der Waals surface area (Å²) in [5, 5.41) is 0. The standard InChI is InChI=1S/C12H17BrN2O4S2/c1-8-5-9(13)10(14)6-11(8)21(18,19)15-12(2)3-4-20(16,17)7-12/h5-6,15H,3-4,7,14H2,1-2H3. The van der Waals surface area contributed by atoms with E-state index in [-0.39, 0.29) is 22.8 Å². The molecule has 0 spiro atoms. The van der Waals surface area contributed by atoms with Crippen molar-refractivity contribution in [1.82, 2.24) is 4.72 Å². The number of hydrogen-bond acceptors (Lipinski definition) is 5. The lowest BCUT2D eigenvalue weighted by Crippen LogP contribution is -2.46. The van der Waals surface area contributed by atoms with Gasteiger partial charge in [-0.25, -0.2) is 21.6 Å². The fraction of sp³-hybridized carbons (Fsp3) is 0.500. The molecule has 0 bridgehead atoms. The summed E-state index contributed by atoms with van der Waals surface area (Å²) in [6.07, 6.45) is 0.264. The maximum atomic E-state index is 12.5. The number of nitrogen functional groups attached to an aromatic ring is 1. The fourth-order valence-corrected chi connectivity index (χ4v) is 6.77. The van der Waals surface area contributed by atoms with Gasteiger partial charge in [0, 0.05) is 15.7 Å². The van der Waals surface area contributed by atoms with Gasteiger partial charge in [0.15, 0.2) is 9.84 Å². The van der Waals surface area contributed by atoms with Crippen LogP contribution in [0, 0.1) is 6.92 Å².